The van der Waals surface area contributed by atoms with Crippen molar-refractivity contribution in [3.8, 4) is 0 Å². The van der Waals surface area contributed by atoms with Gasteiger partial charge in [-0.3, -0.25) is 0 Å². The molecule has 1 N–H and O–H groups in total. The van der Waals surface area contributed by atoms with Crippen molar-refractivity contribution in [1.29, 1.82) is 0 Å². The summed E-state index contributed by atoms with van der Waals surface area (Å²) in [5.74, 6) is 0. The van der Waals surface area contributed by atoms with Gasteiger partial charge in [0.1, 0.15) is 0 Å². The largest absolute Gasteiger partial charge is 0.311 e. The van der Waals surface area contributed by atoms with Crippen LogP contribution in [0.15, 0.2) is 5.51 Å². The minimum Gasteiger partial charge on any atom is -0.311 e. The molecule has 1 rings (SSSR count). The molecule has 0 atom stereocenters. The van der Waals surface area contributed by atoms with E-state index in [9.17, 15) is 0 Å². The van der Waals surface area contributed by atoms with E-state index in [0.717, 1.165) is 18.8 Å². The van der Waals surface area contributed by atoms with Gasteiger partial charge in [-0.1, -0.05) is 20.8 Å². The zero-order valence-corrected chi connectivity index (χ0v) is 9.66. The number of nitrogens with zero attached hydrogens (tertiary/aromatic N) is 1. The maximum absolute atomic E-state index is 4.21. The molecule has 3 heteroatoms. The molecule has 0 saturated heterocycles. The summed E-state index contributed by atoms with van der Waals surface area (Å²) in [4.78, 5) is 5.56. The molecular weight excluding hydrogens is 180 g/mol. The van der Waals surface area contributed by atoms with Gasteiger partial charge in [0, 0.05) is 18.0 Å². The fourth-order valence-corrected chi connectivity index (χ4v) is 1.79. The molecule has 1 heterocycles. The average Bonchev–Trinajstić information content (AvgIpc) is 2.34. The minimum atomic E-state index is 0.360. The molecule has 0 spiro atoms. The highest BCUT2D eigenvalue weighted by Crippen LogP contribution is 2.14. The normalized spacial score (nSPS) is 12.0. The van der Waals surface area contributed by atoms with Crippen LogP contribution < -0.4 is 5.32 Å². The summed E-state index contributed by atoms with van der Waals surface area (Å²) in [6.45, 7) is 10.8. The zero-order chi connectivity index (χ0) is 9.90. The first-order valence-electron chi connectivity index (χ1n) is 4.59. The molecule has 1 aromatic heterocycles. The first-order valence-corrected chi connectivity index (χ1v) is 5.47. The quantitative estimate of drug-likeness (QED) is 0.807. The summed E-state index contributed by atoms with van der Waals surface area (Å²) in [5, 5.41) is 3.44. The van der Waals surface area contributed by atoms with Crippen molar-refractivity contribution < 1.29 is 0 Å². The molecule has 0 radical (unpaired) electrons. The monoisotopic (exact) mass is 198 g/mol. The van der Waals surface area contributed by atoms with Gasteiger partial charge in [-0.15, -0.1) is 11.3 Å². The number of hydrogen-bond donors (Lipinski definition) is 1. The summed E-state index contributed by atoms with van der Waals surface area (Å²) < 4.78 is 0. The highest BCUT2D eigenvalue weighted by atomic mass is 32.1. The highest BCUT2D eigenvalue weighted by molar-refractivity contribution is 7.09. The van der Waals surface area contributed by atoms with Crippen LogP contribution in [0.4, 0.5) is 0 Å². The van der Waals surface area contributed by atoms with Crippen LogP contribution in [0.2, 0.25) is 0 Å². The lowest BCUT2D eigenvalue weighted by Crippen LogP contribution is -2.26. The minimum absolute atomic E-state index is 0.360. The average molecular weight is 198 g/mol. The molecule has 2 nitrogen and oxygen atoms in total. The second kappa shape index (κ2) is 4.20. The van der Waals surface area contributed by atoms with Crippen LogP contribution in [0.5, 0.6) is 0 Å². The standard InChI is InChI=1S/C10H18N2S/c1-8-9(13-7-12-8)5-11-6-10(2,3)4/h7,11H,5-6H2,1-4H3. The Morgan fingerprint density at radius 1 is 1.46 bits per heavy atom. The Balaban J connectivity index is 2.32. The van der Waals surface area contributed by atoms with Crippen LogP contribution in [-0.2, 0) is 6.54 Å². The van der Waals surface area contributed by atoms with Crippen LogP contribution in [0, 0.1) is 12.3 Å². The Kier molecular flexibility index (Phi) is 3.45. The Labute approximate surface area is 84.4 Å². The first kappa shape index (κ1) is 10.7. The lowest BCUT2D eigenvalue weighted by molar-refractivity contribution is 0.380. The molecule has 0 unspecified atom stereocenters. The predicted octanol–water partition coefficient (Wildman–Crippen LogP) is 2.59. The van der Waals surface area contributed by atoms with Gasteiger partial charge in [0.05, 0.1) is 11.2 Å². The lowest BCUT2D eigenvalue weighted by atomic mass is 9.97. The third-order valence-corrected chi connectivity index (χ3v) is 2.72. The van der Waals surface area contributed by atoms with Gasteiger partial charge in [-0.2, -0.15) is 0 Å². The molecule has 13 heavy (non-hydrogen) atoms. The topological polar surface area (TPSA) is 24.9 Å². The summed E-state index contributed by atoms with van der Waals surface area (Å²) in [5.41, 5.74) is 3.42. The van der Waals surface area contributed by atoms with E-state index in [1.807, 2.05) is 5.51 Å². The number of hydrogen-bond acceptors (Lipinski definition) is 3. The smallest absolute Gasteiger partial charge is 0.0798 e. The molecule has 0 saturated carbocycles. The maximum atomic E-state index is 4.21. The summed E-state index contributed by atoms with van der Waals surface area (Å²) in [6, 6.07) is 0. The number of thiazole rings is 1. The fourth-order valence-electron chi connectivity index (χ4n) is 1.05. The highest BCUT2D eigenvalue weighted by Gasteiger charge is 2.09. The predicted molar refractivity (Wildman–Crippen MR) is 58.0 cm³/mol. The van der Waals surface area contributed by atoms with Gasteiger partial charge >= 0.3 is 0 Å². The van der Waals surface area contributed by atoms with E-state index in [1.54, 1.807) is 11.3 Å². The summed E-state index contributed by atoms with van der Waals surface area (Å²) >= 11 is 1.73. The second-order valence-corrected chi connectivity index (χ2v) is 5.46. The maximum Gasteiger partial charge on any atom is 0.0798 e. The SMILES string of the molecule is Cc1ncsc1CNCC(C)(C)C. The van der Waals surface area contributed by atoms with Crippen molar-refractivity contribution in [3.05, 3.63) is 16.1 Å². The van der Waals surface area contributed by atoms with Gasteiger partial charge in [-0.25, -0.2) is 4.98 Å². The fraction of sp³-hybridized carbons (Fsp3) is 0.700. The van der Waals surface area contributed by atoms with E-state index in [1.165, 1.54) is 4.88 Å². The summed E-state index contributed by atoms with van der Waals surface area (Å²) in [7, 11) is 0. The van der Waals surface area contributed by atoms with Gasteiger partial charge in [0.2, 0.25) is 0 Å². The third kappa shape index (κ3) is 3.87. The molecule has 0 bridgehead atoms. The Morgan fingerprint density at radius 2 is 2.15 bits per heavy atom. The van der Waals surface area contributed by atoms with Gasteiger partial charge in [-0.05, 0) is 12.3 Å². The van der Waals surface area contributed by atoms with Gasteiger partial charge in [0.25, 0.3) is 0 Å². The molecule has 0 aromatic carbocycles. The zero-order valence-electron chi connectivity index (χ0n) is 8.85. The molecule has 0 aliphatic carbocycles. The second-order valence-electron chi connectivity index (χ2n) is 4.53. The van der Waals surface area contributed by atoms with E-state index < -0.39 is 0 Å². The number of aryl methyl sites for hydroxylation is 1. The molecule has 74 valence electrons. The van der Waals surface area contributed by atoms with Crippen LogP contribution in [0.1, 0.15) is 31.3 Å². The Bertz CT molecular complexity index is 260. The summed E-state index contributed by atoms with van der Waals surface area (Å²) in [6.07, 6.45) is 0. The van der Waals surface area contributed by atoms with E-state index in [0.29, 0.717) is 5.41 Å². The Morgan fingerprint density at radius 3 is 2.62 bits per heavy atom. The van der Waals surface area contributed by atoms with Crippen LogP contribution in [0.25, 0.3) is 0 Å². The molecule has 1 aromatic rings. The van der Waals surface area contributed by atoms with Crippen LogP contribution in [0.3, 0.4) is 0 Å². The van der Waals surface area contributed by atoms with E-state index in [4.69, 9.17) is 0 Å². The number of rotatable bonds is 3. The van der Waals surface area contributed by atoms with Crippen molar-refractivity contribution in [3.63, 3.8) is 0 Å². The van der Waals surface area contributed by atoms with E-state index in [-0.39, 0.29) is 0 Å². The molecular formula is C10H18N2S. The van der Waals surface area contributed by atoms with E-state index in [2.05, 4.69) is 38.0 Å². The van der Waals surface area contributed by atoms with Crippen molar-refractivity contribution in [2.24, 2.45) is 5.41 Å². The van der Waals surface area contributed by atoms with Crippen molar-refractivity contribution in [2.75, 3.05) is 6.54 Å². The molecule has 0 aliphatic rings. The third-order valence-electron chi connectivity index (χ3n) is 1.79. The van der Waals surface area contributed by atoms with Gasteiger partial charge < -0.3 is 5.32 Å². The van der Waals surface area contributed by atoms with E-state index >= 15 is 0 Å². The molecule has 0 fully saturated rings. The molecule has 0 aliphatic heterocycles. The van der Waals surface area contributed by atoms with Crippen LogP contribution >= 0.6 is 11.3 Å². The van der Waals surface area contributed by atoms with Crippen molar-refractivity contribution in [2.45, 2.75) is 34.2 Å². The number of nitrogens with one attached hydrogen (secondary N) is 1. The molecule has 0 amide bonds. The lowest BCUT2D eigenvalue weighted by Gasteiger charge is -2.18. The first-order chi connectivity index (χ1) is 5.99. The van der Waals surface area contributed by atoms with Crippen molar-refractivity contribution in [1.82, 2.24) is 10.3 Å². The van der Waals surface area contributed by atoms with Gasteiger partial charge in [0.15, 0.2) is 0 Å². The van der Waals surface area contributed by atoms with Crippen LogP contribution in [-0.4, -0.2) is 11.5 Å². The Hall–Kier alpha value is -0.410. The van der Waals surface area contributed by atoms with Crippen molar-refractivity contribution >= 4 is 11.3 Å². The number of aromatic nitrogens is 1.